The highest BCUT2D eigenvalue weighted by Gasteiger charge is 2.05. The fraction of sp³-hybridized carbons (Fsp3) is 0.200. The van der Waals surface area contributed by atoms with E-state index in [0.29, 0.717) is 6.54 Å². The molecule has 1 nitrogen and oxygen atoms in total. The van der Waals surface area contributed by atoms with Crippen molar-refractivity contribution in [3.8, 4) is 0 Å². The number of halogens is 1. The Hall–Kier alpha value is -1.32. The number of hydrogen-bond acceptors (Lipinski definition) is 2. The molecule has 0 radical (unpaired) electrons. The van der Waals surface area contributed by atoms with Crippen molar-refractivity contribution in [3.63, 3.8) is 0 Å². The Kier molecular flexibility index (Phi) is 4.39. The first-order valence-electron chi connectivity index (χ1n) is 5.86. The van der Waals surface area contributed by atoms with Crippen molar-refractivity contribution in [2.24, 2.45) is 0 Å². The highest BCUT2D eigenvalue weighted by Crippen LogP contribution is 2.31. The van der Waals surface area contributed by atoms with E-state index in [1.54, 1.807) is 17.8 Å². The van der Waals surface area contributed by atoms with Gasteiger partial charge in [-0.1, -0.05) is 29.5 Å². The van der Waals surface area contributed by atoms with E-state index in [0.717, 1.165) is 10.5 Å². The van der Waals surface area contributed by atoms with Crippen molar-refractivity contribution in [2.45, 2.75) is 23.3 Å². The average molecular weight is 261 g/mol. The normalized spacial score (nSPS) is 10.6. The summed E-state index contributed by atoms with van der Waals surface area (Å²) in [6.07, 6.45) is 0. The number of aryl methyl sites for hydroxylation is 1. The monoisotopic (exact) mass is 261 g/mol. The van der Waals surface area contributed by atoms with E-state index in [-0.39, 0.29) is 5.82 Å². The Labute approximate surface area is 111 Å². The summed E-state index contributed by atoms with van der Waals surface area (Å²) >= 11 is 1.67. The van der Waals surface area contributed by atoms with Gasteiger partial charge in [0.1, 0.15) is 5.82 Å². The number of nitrogens with one attached hydrogen (secondary N) is 1. The van der Waals surface area contributed by atoms with Gasteiger partial charge in [-0.3, -0.25) is 0 Å². The zero-order valence-electron chi connectivity index (χ0n) is 10.5. The van der Waals surface area contributed by atoms with Gasteiger partial charge in [0.25, 0.3) is 0 Å². The second-order valence-corrected chi connectivity index (χ2v) is 5.32. The summed E-state index contributed by atoms with van der Waals surface area (Å²) in [6.45, 7) is 2.75. The lowest BCUT2D eigenvalue weighted by Crippen LogP contribution is -2.06. The van der Waals surface area contributed by atoms with E-state index in [2.05, 4.69) is 30.4 Å². The lowest BCUT2D eigenvalue weighted by Gasteiger charge is -2.09. The van der Waals surface area contributed by atoms with Crippen LogP contribution in [-0.2, 0) is 6.54 Å². The summed E-state index contributed by atoms with van der Waals surface area (Å²) in [7, 11) is 1.87. The Bertz CT molecular complexity index is 540. The quantitative estimate of drug-likeness (QED) is 0.892. The zero-order chi connectivity index (χ0) is 13.0. The number of benzene rings is 2. The van der Waals surface area contributed by atoms with Gasteiger partial charge in [0.2, 0.25) is 0 Å². The molecule has 0 aromatic heterocycles. The summed E-state index contributed by atoms with van der Waals surface area (Å²) < 4.78 is 13.2. The molecule has 2 aromatic carbocycles. The van der Waals surface area contributed by atoms with Crippen molar-refractivity contribution in [1.82, 2.24) is 5.32 Å². The summed E-state index contributed by atoms with van der Waals surface area (Å²) in [5.74, 6) is -0.186. The lowest BCUT2D eigenvalue weighted by atomic mass is 10.2. The third-order valence-electron chi connectivity index (χ3n) is 2.61. The van der Waals surface area contributed by atoms with Gasteiger partial charge in [-0.05, 0) is 49.9 Å². The molecular formula is C15H16FNS. The molecule has 0 aliphatic rings. The minimum atomic E-state index is -0.186. The van der Waals surface area contributed by atoms with Gasteiger partial charge in [0, 0.05) is 16.3 Å². The lowest BCUT2D eigenvalue weighted by molar-refractivity contribution is 0.621. The molecule has 0 aliphatic heterocycles. The molecule has 2 aromatic rings. The molecule has 3 heteroatoms. The molecule has 0 saturated carbocycles. The van der Waals surface area contributed by atoms with Gasteiger partial charge in [-0.2, -0.15) is 0 Å². The summed E-state index contributed by atoms with van der Waals surface area (Å²) in [4.78, 5) is 2.27. The summed E-state index contributed by atoms with van der Waals surface area (Å²) in [5, 5.41) is 3.07. The van der Waals surface area contributed by atoms with Crippen LogP contribution in [0, 0.1) is 12.7 Å². The van der Waals surface area contributed by atoms with Crippen LogP contribution in [0.25, 0.3) is 0 Å². The molecule has 0 saturated heterocycles. The Morgan fingerprint density at radius 3 is 2.72 bits per heavy atom. The zero-order valence-corrected chi connectivity index (χ0v) is 11.4. The summed E-state index contributed by atoms with van der Waals surface area (Å²) in [6, 6.07) is 13.3. The summed E-state index contributed by atoms with van der Waals surface area (Å²) in [5.41, 5.74) is 2.22. The van der Waals surface area contributed by atoms with Gasteiger partial charge in [-0.15, -0.1) is 0 Å². The second kappa shape index (κ2) is 6.03. The first kappa shape index (κ1) is 13.1. The first-order chi connectivity index (χ1) is 8.69. The molecule has 94 valence electrons. The van der Waals surface area contributed by atoms with E-state index < -0.39 is 0 Å². The van der Waals surface area contributed by atoms with Gasteiger partial charge in [0.05, 0.1) is 0 Å². The first-order valence-corrected chi connectivity index (χ1v) is 6.68. The standard InChI is InChI=1S/C15H16FNS/c1-11-4-3-5-14(8-11)18-15-7-6-13(16)9-12(15)10-17-2/h3-9,17H,10H2,1-2H3. The predicted molar refractivity (Wildman–Crippen MR) is 74.5 cm³/mol. The third-order valence-corrected chi connectivity index (χ3v) is 3.71. The highest BCUT2D eigenvalue weighted by atomic mass is 32.2. The van der Waals surface area contributed by atoms with E-state index in [1.807, 2.05) is 19.2 Å². The van der Waals surface area contributed by atoms with Crippen molar-refractivity contribution >= 4 is 11.8 Å². The molecule has 0 atom stereocenters. The molecule has 0 aliphatic carbocycles. The fourth-order valence-electron chi connectivity index (χ4n) is 1.78. The molecule has 0 fully saturated rings. The Balaban J connectivity index is 2.28. The van der Waals surface area contributed by atoms with Gasteiger partial charge in [0.15, 0.2) is 0 Å². The predicted octanol–water partition coefficient (Wildman–Crippen LogP) is 4.00. The van der Waals surface area contributed by atoms with E-state index in [1.165, 1.54) is 16.5 Å². The Morgan fingerprint density at radius 2 is 2.00 bits per heavy atom. The molecule has 0 spiro atoms. The number of rotatable bonds is 4. The van der Waals surface area contributed by atoms with Gasteiger partial charge in [-0.25, -0.2) is 4.39 Å². The molecule has 0 bridgehead atoms. The molecule has 0 heterocycles. The minimum Gasteiger partial charge on any atom is -0.316 e. The third kappa shape index (κ3) is 3.34. The van der Waals surface area contributed by atoms with Gasteiger partial charge < -0.3 is 5.32 Å². The maximum absolute atomic E-state index is 13.2. The second-order valence-electron chi connectivity index (χ2n) is 4.20. The molecule has 0 unspecified atom stereocenters. The van der Waals surface area contributed by atoms with Crippen LogP contribution in [0.4, 0.5) is 4.39 Å². The average Bonchev–Trinajstić information content (AvgIpc) is 2.33. The van der Waals surface area contributed by atoms with Crippen LogP contribution in [-0.4, -0.2) is 7.05 Å². The Morgan fingerprint density at radius 1 is 1.17 bits per heavy atom. The maximum Gasteiger partial charge on any atom is 0.123 e. The molecule has 18 heavy (non-hydrogen) atoms. The van der Waals surface area contributed by atoms with Gasteiger partial charge >= 0.3 is 0 Å². The number of hydrogen-bond donors (Lipinski definition) is 1. The molecule has 0 amide bonds. The van der Waals surface area contributed by atoms with E-state index in [9.17, 15) is 4.39 Å². The van der Waals surface area contributed by atoms with Crippen LogP contribution < -0.4 is 5.32 Å². The van der Waals surface area contributed by atoms with E-state index in [4.69, 9.17) is 0 Å². The largest absolute Gasteiger partial charge is 0.316 e. The van der Waals surface area contributed by atoms with Crippen LogP contribution in [0.5, 0.6) is 0 Å². The topological polar surface area (TPSA) is 12.0 Å². The van der Waals surface area contributed by atoms with Crippen molar-refractivity contribution in [3.05, 3.63) is 59.4 Å². The van der Waals surface area contributed by atoms with Crippen LogP contribution in [0.1, 0.15) is 11.1 Å². The smallest absolute Gasteiger partial charge is 0.123 e. The fourth-order valence-corrected chi connectivity index (χ4v) is 2.83. The minimum absolute atomic E-state index is 0.186. The molecule has 1 N–H and O–H groups in total. The maximum atomic E-state index is 13.2. The molecule has 2 rings (SSSR count). The van der Waals surface area contributed by atoms with Crippen molar-refractivity contribution in [1.29, 1.82) is 0 Å². The van der Waals surface area contributed by atoms with Crippen LogP contribution in [0.2, 0.25) is 0 Å². The van der Waals surface area contributed by atoms with E-state index >= 15 is 0 Å². The van der Waals surface area contributed by atoms with Crippen LogP contribution in [0.15, 0.2) is 52.3 Å². The molecular weight excluding hydrogens is 245 g/mol. The van der Waals surface area contributed by atoms with Crippen molar-refractivity contribution < 1.29 is 4.39 Å². The van der Waals surface area contributed by atoms with Crippen LogP contribution in [0.3, 0.4) is 0 Å². The highest BCUT2D eigenvalue weighted by molar-refractivity contribution is 7.99. The SMILES string of the molecule is CNCc1cc(F)ccc1Sc1cccc(C)c1. The van der Waals surface area contributed by atoms with Crippen molar-refractivity contribution in [2.75, 3.05) is 7.05 Å². The van der Waals surface area contributed by atoms with Crippen LogP contribution >= 0.6 is 11.8 Å².